The molecule has 22 heavy (non-hydrogen) atoms. The lowest BCUT2D eigenvalue weighted by molar-refractivity contribution is 0.0970. The third-order valence-corrected chi connectivity index (χ3v) is 3.13. The maximum atomic E-state index is 12.4. The number of benzene rings is 1. The molecule has 0 unspecified atom stereocenters. The first-order valence-corrected chi connectivity index (χ1v) is 6.89. The highest BCUT2D eigenvalue weighted by atomic mass is 32.1. The molecule has 0 aliphatic rings. The van der Waals surface area contributed by atoms with E-state index in [1.54, 1.807) is 36.6 Å². The first-order valence-electron chi connectivity index (χ1n) is 6.48. The van der Waals surface area contributed by atoms with Gasteiger partial charge in [0.1, 0.15) is 22.8 Å². The van der Waals surface area contributed by atoms with Crippen molar-refractivity contribution in [2.24, 2.45) is 0 Å². The summed E-state index contributed by atoms with van der Waals surface area (Å²) in [7, 11) is 2.97. The Balaban J connectivity index is 2.04. The molecular formula is C15H16N2O4S. The van der Waals surface area contributed by atoms with Crippen molar-refractivity contribution in [1.29, 1.82) is 0 Å². The summed E-state index contributed by atoms with van der Waals surface area (Å²) in [6, 6.07) is 8.68. The SMILES string of the molecule is COc1cccc(OC)c1C(=O)NC(=S)NCc1ccco1. The van der Waals surface area contributed by atoms with Crippen molar-refractivity contribution in [3.05, 3.63) is 47.9 Å². The van der Waals surface area contributed by atoms with Gasteiger partial charge in [0.2, 0.25) is 0 Å². The van der Waals surface area contributed by atoms with Crippen LogP contribution in [0.4, 0.5) is 0 Å². The average Bonchev–Trinajstić information content (AvgIpc) is 3.05. The topological polar surface area (TPSA) is 72.7 Å². The van der Waals surface area contributed by atoms with Gasteiger partial charge in [-0.15, -0.1) is 0 Å². The lowest BCUT2D eigenvalue weighted by Gasteiger charge is -2.13. The molecule has 0 saturated heterocycles. The third kappa shape index (κ3) is 3.76. The van der Waals surface area contributed by atoms with Gasteiger partial charge in [0.15, 0.2) is 5.11 Å². The first kappa shape index (κ1) is 15.8. The van der Waals surface area contributed by atoms with Crippen LogP contribution in [-0.2, 0) is 6.54 Å². The van der Waals surface area contributed by atoms with Crippen molar-refractivity contribution in [2.45, 2.75) is 6.54 Å². The molecule has 1 aromatic carbocycles. The Kier molecular flexibility index (Phi) is 5.37. The van der Waals surface area contributed by atoms with Gasteiger partial charge in [-0.3, -0.25) is 10.1 Å². The van der Waals surface area contributed by atoms with Crippen LogP contribution in [0.2, 0.25) is 0 Å². The van der Waals surface area contributed by atoms with E-state index in [9.17, 15) is 4.79 Å². The van der Waals surface area contributed by atoms with E-state index in [1.807, 2.05) is 0 Å². The van der Waals surface area contributed by atoms with Crippen LogP contribution in [0.1, 0.15) is 16.1 Å². The van der Waals surface area contributed by atoms with Crippen molar-refractivity contribution in [1.82, 2.24) is 10.6 Å². The number of methoxy groups -OCH3 is 2. The molecule has 0 atom stereocenters. The van der Waals surface area contributed by atoms with Gasteiger partial charge in [-0.25, -0.2) is 0 Å². The van der Waals surface area contributed by atoms with E-state index in [0.29, 0.717) is 23.8 Å². The number of hydrogen-bond donors (Lipinski definition) is 2. The van der Waals surface area contributed by atoms with Crippen molar-refractivity contribution in [3.63, 3.8) is 0 Å². The number of rotatable bonds is 5. The number of nitrogens with one attached hydrogen (secondary N) is 2. The maximum Gasteiger partial charge on any atom is 0.264 e. The molecule has 0 radical (unpaired) electrons. The van der Waals surface area contributed by atoms with Gasteiger partial charge in [-0.1, -0.05) is 6.07 Å². The van der Waals surface area contributed by atoms with Crippen LogP contribution in [0, 0.1) is 0 Å². The summed E-state index contributed by atoms with van der Waals surface area (Å²) in [5.41, 5.74) is 0.287. The molecule has 0 fully saturated rings. The molecule has 0 saturated carbocycles. The Morgan fingerprint density at radius 2 is 1.86 bits per heavy atom. The van der Waals surface area contributed by atoms with E-state index in [2.05, 4.69) is 10.6 Å². The van der Waals surface area contributed by atoms with Crippen LogP contribution in [0.3, 0.4) is 0 Å². The molecule has 6 nitrogen and oxygen atoms in total. The fraction of sp³-hybridized carbons (Fsp3) is 0.200. The molecule has 0 aliphatic heterocycles. The zero-order valence-corrected chi connectivity index (χ0v) is 13.0. The first-order chi connectivity index (χ1) is 10.7. The zero-order valence-electron chi connectivity index (χ0n) is 12.2. The Labute approximate surface area is 133 Å². The van der Waals surface area contributed by atoms with E-state index < -0.39 is 5.91 Å². The van der Waals surface area contributed by atoms with Crippen LogP contribution in [0.5, 0.6) is 11.5 Å². The highest BCUT2D eigenvalue weighted by molar-refractivity contribution is 7.80. The predicted molar refractivity (Wildman–Crippen MR) is 85.2 cm³/mol. The van der Waals surface area contributed by atoms with Gasteiger partial charge in [0, 0.05) is 0 Å². The van der Waals surface area contributed by atoms with Gasteiger partial charge in [-0.05, 0) is 36.5 Å². The number of thiocarbonyl (C=S) groups is 1. The monoisotopic (exact) mass is 320 g/mol. The summed E-state index contributed by atoms with van der Waals surface area (Å²) >= 11 is 5.10. The second-order valence-corrected chi connectivity index (χ2v) is 4.66. The fourth-order valence-corrected chi connectivity index (χ4v) is 2.03. The lowest BCUT2D eigenvalue weighted by Crippen LogP contribution is -2.39. The molecule has 1 aromatic heterocycles. The Morgan fingerprint density at radius 1 is 1.18 bits per heavy atom. The molecule has 1 heterocycles. The molecule has 2 aromatic rings. The summed E-state index contributed by atoms with van der Waals surface area (Å²) < 4.78 is 15.6. The summed E-state index contributed by atoms with van der Waals surface area (Å²) in [4.78, 5) is 12.4. The molecule has 2 N–H and O–H groups in total. The number of carbonyl (C=O) groups excluding carboxylic acids is 1. The molecule has 0 bridgehead atoms. The smallest absolute Gasteiger partial charge is 0.264 e. The number of hydrogen-bond acceptors (Lipinski definition) is 5. The lowest BCUT2D eigenvalue weighted by atomic mass is 10.1. The zero-order chi connectivity index (χ0) is 15.9. The Hall–Kier alpha value is -2.54. The molecule has 2 rings (SSSR count). The second kappa shape index (κ2) is 7.46. The average molecular weight is 320 g/mol. The van der Waals surface area contributed by atoms with Gasteiger partial charge >= 0.3 is 0 Å². The Morgan fingerprint density at radius 3 is 2.41 bits per heavy atom. The maximum absolute atomic E-state index is 12.4. The highest BCUT2D eigenvalue weighted by Crippen LogP contribution is 2.27. The van der Waals surface area contributed by atoms with Crippen molar-refractivity contribution in [3.8, 4) is 11.5 Å². The van der Waals surface area contributed by atoms with E-state index in [-0.39, 0.29) is 10.7 Å². The van der Waals surface area contributed by atoms with Crippen molar-refractivity contribution >= 4 is 23.2 Å². The van der Waals surface area contributed by atoms with Gasteiger partial charge in [0.25, 0.3) is 5.91 Å². The molecule has 0 spiro atoms. The standard InChI is InChI=1S/C15H16N2O4S/c1-19-11-6-3-7-12(20-2)13(11)14(18)17-15(22)16-9-10-5-4-8-21-10/h3-8H,9H2,1-2H3,(H2,16,17,18,22). The normalized spacial score (nSPS) is 9.91. The van der Waals surface area contributed by atoms with Crippen LogP contribution in [0.25, 0.3) is 0 Å². The van der Waals surface area contributed by atoms with Gasteiger partial charge in [-0.2, -0.15) is 0 Å². The van der Waals surface area contributed by atoms with Crippen molar-refractivity contribution in [2.75, 3.05) is 14.2 Å². The van der Waals surface area contributed by atoms with Crippen molar-refractivity contribution < 1.29 is 18.7 Å². The van der Waals surface area contributed by atoms with E-state index in [4.69, 9.17) is 26.1 Å². The molecule has 1 amide bonds. The number of furan rings is 1. The van der Waals surface area contributed by atoms with Crippen LogP contribution >= 0.6 is 12.2 Å². The van der Waals surface area contributed by atoms with E-state index >= 15 is 0 Å². The minimum atomic E-state index is -0.411. The molecular weight excluding hydrogens is 304 g/mol. The molecule has 0 aliphatic carbocycles. The predicted octanol–water partition coefficient (Wildman–Crippen LogP) is 2.10. The fourth-order valence-electron chi connectivity index (χ4n) is 1.87. The number of ether oxygens (including phenoxy) is 2. The van der Waals surface area contributed by atoms with Gasteiger partial charge in [0.05, 0.1) is 27.0 Å². The molecule has 116 valence electrons. The highest BCUT2D eigenvalue weighted by Gasteiger charge is 2.19. The second-order valence-electron chi connectivity index (χ2n) is 4.25. The third-order valence-electron chi connectivity index (χ3n) is 2.89. The van der Waals surface area contributed by atoms with Gasteiger partial charge < -0.3 is 19.2 Å². The summed E-state index contributed by atoms with van der Waals surface area (Å²) in [5, 5.41) is 5.66. The van der Waals surface area contributed by atoms with E-state index in [1.165, 1.54) is 14.2 Å². The summed E-state index contributed by atoms with van der Waals surface area (Å²) in [6.45, 7) is 0.384. The van der Waals surface area contributed by atoms with Crippen LogP contribution in [0.15, 0.2) is 41.0 Å². The summed E-state index contributed by atoms with van der Waals surface area (Å²) in [5.74, 6) is 1.12. The minimum Gasteiger partial charge on any atom is -0.496 e. The van der Waals surface area contributed by atoms with Crippen LogP contribution in [-0.4, -0.2) is 25.2 Å². The minimum absolute atomic E-state index is 0.189. The quantitative estimate of drug-likeness (QED) is 0.822. The summed E-state index contributed by atoms with van der Waals surface area (Å²) in [6.07, 6.45) is 1.57. The number of amides is 1. The Bertz CT molecular complexity index is 633. The van der Waals surface area contributed by atoms with Crippen LogP contribution < -0.4 is 20.1 Å². The van der Waals surface area contributed by atoms with E-state index in [0.717, 1.165) is 0 Å². The largest absolute Gasteiger partial charge is 0.496 e. The number of carbonyl (C=O) groups is 1. The molecule has 7 heteroatoms.